The fourth-order valence-corrected chi connectivity index (χ4v) is 3.75. The predicted octanol–water partition coefficient (Wildman–Crippen LogP) is 2.98. The van der Waals surface area contributed by atoms with Gasteiger partial charge in [-0.25, -0.2) is 0 Å². The van der Waals surface area contributed by atoms with Crippen LogP contribution in [-0.4, -0.2) is 62.1 Å². The van der Waals surface area contributed by atoms with Crippen molar-refractivity contribution >= 4 is 23.6 Å². The average molecular weight is 445 g/mol. The van der Waals surface area contributed by atoms with Crippen molar-refractivity contribution in [3.05, 3.63) is 53.6 Å². The van der Waals surface area contributed by atoms with E-state index in [1.165, 1.54) is 0 Å². The molecule has 0 unspecified atom stereocenters. The minimum atomic E-state index is -0.607. The monoisotopic (exact) mass is 444 g/mol. The molecule has 0 fully saturated rings. The molecule has 0 bridgehead atoms. The number of hydrogen-bond donors (Lipinski definition) is 1. The van der Waals surface area contributed by atoms with Crippen LogP contribution in [0.5, 0.6) is 17.2 Å². The van der Waals surface area contributed by atoms with Crippen LogP contribution in [0.1, 0.15) is 22.3 Å². The molecule has 3 rings (SSSR count). The Bertz CT molecular complexity index is 903. The van der Waals surface area contributed by atoms with E-state index in [1.807, 2.05) is 24.5 Å². The van der Waals surface area contributed by atoms with Gasteiger partial charge in [0.05, 0.1) is 7.11 Å². The van der Waals surface area contributed by atoms with Crippen molar-refractivity contribution in [1.29, 1.82) is 0 Å². The third-order valence-electron chi connectivity index (χ3n) is 4.97. The van der Waals surface area contributed by atoms with Gasteiger partial charge in [0.2, 0.25) is 5.91 Å². The Labute approximate surface area is 187 Å². The van der Waals surface area contributed by atoms with Crippen molar-refractivity contribution in [2.24, 2.45) is 0 Å². The lowest BCUT2D eigenvalue weighted by Crippen LogP contribution is -2.47. The molecule has 1 aliphatic rings. The van der Waals surface area contributed by atoms with Gasteiger partial charge in [-0.2, -0.15) is 11.8 Å². The van der Waals surface area contributed by atoms with Crippen LogP contribution in [0.3, 0.4) is 0 Å². The molecule has 8 heteroatoms. The minimum absolute atomic E-state index is 0.134. The molecule has 1 aliphatic heterocycles. The van der Waals surface area contributed by atoms with Crippen LogP contribution < -0.4 is 19.5 Å². The lowest BCUT2D eigenvalue weighted by atomic mass is 10.1. The Kier molecular flexibility index (Phi) is 8.06. The molecular formula is C23H28N2O5S. The molecule has 0 saturated carbocycles. The molecule has 2 aromatic rings. The molecule has 31 heavy (non-hydrogen) atoms. The molecule has 2 aromatic carbocycles. The second-order valence-corrected chi connectivity index (χ2v) is 8.19. The predicted molar refractivity (Wildman–Crippen MR) is 121 cm³/mol. The number of methoxy groups -OCH3 is 1. The van der Waals surface area contributed by atoms with E-state index >= 15 is 0 Å². The second-order valence-electron chi connectivity index (χ2n) is 7.21. The van der Waals surface area contributed by atoms with Crippen LogP contribution in [0.4, 0.5) is 0 Å². The SMILES string of the molecule is COc1ccc(C(=O)N[C@H](CCSC)C(=O)N(C)Cc2ccc3c(c2)OCCO3)cc1. The number of carbonyl (C=O) groups excluding carboxylic acids is 2. The first-order valence-electron chi connectivity index (χ1n) is 10.1. The van der Waals surface area contributed by atoms with Crippen molar-refractivity contribution in [1.82, 2.24) is 10.2 Å². The maximum Gasteiger partial charge on any atom is 0.251 e. The minimum Gasteiger partial charge on any atom is -0.497 e. The number of benzene rings is 2. The van der Waals surface area contributed by atoms with Gasteiger partial charge >= 0.3 is 0 Å². The van der Waals surface area contributed by atoms with Crippen molar-refractivity contribution in [2.45, 2.75) is 19.0 Å². The summed E-state index contributed by atoms with van der Waals surface area (Å²) < 4.78 is 16.3. The van der Waals surface area contributed by atoms with Gasteiger partial charge in [-0.15, -0.1) is 0 Å². The van der Waals surface area contributed by atoms with Crippen molar-refractivity contribution in [3.8, 4) is 17.2 Å². The third-order valence-corrected chi connectivity index (χ3v) is 5.61. The Morgan fingerprint density at radius 2 is 1.84 bits per heavy atom. The van der Waals surface area contributed by atoms with Crippen LogP contribution in [-0.2, 0) is 11.3 Å². The number of amides is 2. The van der Waals surface area contributed by atoms with E-state index in [1.54, 1.807) is 55.1 Å². The third kappa shape index (κ3) is 6.07. The molecule has 2 amide bonds. The molecule has 166 valence electrons. The number of thioether (sulfide) groups is 1. The zero-order chi connectivity index (χ0) is 22.2. The molecule has 0 saturated heterocycles. The van der Waals surface area contributed by atoms with Crippen LogP contribution in [0.2, 0.25) is 0 Å². The summed E-state index contributed by atoms with van der Waals surface area (Å²) >= 11 is 1.64. The molecule has 0 radical (unpaired) electrons. The molecule has 0 spiro atoms. The van der Waals surface area contributed by atoms with E-state index in [4.69, 9.17) is 14.2 Å². The summed E-state index contributed by atoms with van der Waals surface area (Å²) in [6.07, 6.45) is 2.53. The highest BCUT2D eigenvalue weighted by molar-refractivity contribution is 7.98. The van der Waals surface area contributed by atoms with Gasteiger partial charge in [-0.3, -0.25) is 9.59 Å². The highest BCUT2D eigenvalue weighted by Gasteiger charge is 2.25. The summed E-state index contributed by atoms with van der Waals surface area (Å²) in [6.45, 7) is 1.46. The highest BCUT2D eigenvalue weighted by Crippen LogP contribution is 2.31. The van der Waals surface area contributed by atoms with E-state index in [2.05, 4.69) is 5.32 Å². The molecule has 0 aromatic heterocycles. The van der Waals surface area contributed by atoms with Gasteiger partial charge in [0.25, 0.3) is 5.91 Å². The molecule has 0 aliphatic carbocycles. The van der Waals surface area contributed by atoms with Crippen molar-refractivity contribution in [2.75, 3.05) is 39.4 Å². The van der Waals surface area contributed by atoms with E-state index in [-0.39, 0.29) is 11.8 Å². The molecule has 7 nitrogen and oxygen atoms in total. The lowest BCUT2D eigenvalue weighted by Gasteiger charge is -2.25. The first-order valence-corrected chi connectivity index (χ1v) is 11.5. The number of ether oxygens (including phenoxy) is 3. The maximum atomic E-state index is 13.1. The van der Waals surface area contributed by atoms with Gasteiger partial charge in [0, 0.05) is 19.2 Å². The van der Waals surface area contributed by atoms with Crippen LogP contribution in [0.25, 0.3) is 0 Å². The normalized spacial score (nSPS) is 13.3. The topological polar surface area (TPSA) is 77.1 Å². The second kappa shape index (κ2) is 10.9. The molecule has 1 N–H and O–H groups in total. The van der Waals surface area contributed by atoms with Gasteiger partial charge in [-0.1, -0.05) is 6.07 Å². The number of likely N-dealkylation sites (N-methyl/N-ethyl adjacent to an activating group) is 1. The first-order chi connectivity index (χ1) is 15.0. The van der Waals surface area contributed by atoms with E-state index in [0.29, 0.717) is 49.0 Å². The fraction of sp³-hybridized carbons (Fsp3) is 0.391. The number of carbonyl (C=O) groups is 2. The largest absolute Gasteiger partial charge is 0.497 e. The standard InChI is InChI=1S/C23H28N2O5S/c1-25(15-16-4-9-20-21(14-16)30-12-11-29-20)23(27)19(10-13-31-3)24-22(26)17-5-7-18(28-2)8-6-17/h4-9,14,19H,10-13,15H2,1-3H3,(H,24,26)/t19-/m1/s1. The molecule has 1 atom stereocenters. The van der Waals surface area contributed by atoms with E-state index in [9.17, 15) is 9.59 Å². The van der Waals surface area contributed by atoms with Gasteiger partial charge in [0.15, 0.2) is 11.5 Å². The average Bonchev–Trinajstić information content (AvgIpc) is 2.81. The van der Waals surface area contributed by atoms with Gasteiger partial charge in [-0.05, 0) is 60.4 Å². The number of fused-ring (bicyclic) bond motifs is 1. The highest BCUT2D eigenvalue weighted by atomic mass is 32.2. The maximum absolute atomic E-state index is 13.1. The number of hydrogen-bond acceptors (Lipinski definition) is 6. The van der Waals surface area contributed by atoms with E-state index in [0.717, 1.165) is 11.3 Å². The fourth-order valence-electron chi connectivity index (χ4n) is 3.28. The zero-order valence-corrected chi connectivity index (χ0v) is 18.9. The van der Waals surface area contributed by atoms with Crippen LogP contribution in [0, 0.1) is 0 Å². The molecular weight excluding hydrogens is 416 g/mol. The first kappa shape index (κ1) is 22.8. The Balaban J connectivity index is 1.67. The lowest BCUT2D eigenvalue weighted by molar-refractivity contribution is -0.132. The summed E-state index contributed by atoms with van der Waals surface area (Å²) in [5.41, 5.74) is 1.42. The Morgan fingerprint density at radius 1 is 1.13 bits per heavy atom. The molecule has 1 heterocycles. The number of nitrogens with one attached hydrogen (secondary N) is 1. The summed E-state index contributed by atoms with van der Waals surface area (Å²) in [6, 6.07) is 11.9. The quantitative estimate of drug-likeness (QED) is 0.641. The summed E-state index contributed by atoms with van der Waals surface area (Å²) in [4.78, 5) is 27.5. The van der Waals surface area contributed by atoms with Crippen LogP contribution >= 0.6 is 11.8 Å². The van der Waals surface area contributed by atoms with Crippen molar-refractivity contribution < 1.29 is 23.8 Å². The summed E-state index contributed by atoms with van der Waals surface area (Å²) in [7, 11) is 3.31. The number of rotatable bonds is 9. The van der Waals surface area contributed by atoms with Crippen LogP contribution in [0.15, 0.2) is 42.5 Å². The van der Waals surface area contributed by atoms with Gasteiger partial charge < -0.3 is 24.4 Å². The summed E-state index contributed by atoms with van der Waals surface area (Å²) in [5.74, 6) is 2.42. The summed E-state index contributed by atoms with van der Waals surface area (Å²) in [5, 5.41) is 2.89. The Morgan fingerprint density at radius 3 is 2.52 bits per heavy atom. The zero-order valence-electron chi connectivity index (χ0n) is 18.1. The number of nitrogens with zero attached hydrogens (tertiary/aromatic N) is 1. The van der Waals surface area contributed by atoms with E-state index < -0.39 is 6.04 Å². The van der Waals surface area contributed by atoms with Crippen molar-refractivity contribution in [3.63, 3.8) is 0 Å². The Hall–Kier alpha value is -2.87. The smallest absolute Gasteiger partial charge is 0.251 e. The van der Waals surface area contributed by atoms with Gasteiger partial charge in [0.1, 0.15) is 25.0 Å².